The van der Waals surface area contributed by atoms with Gasteiger partial charge < -0.3 is 79.8 Å². The molecule has 120 heavy (non-hydrogen) atoms. The molecule has 0 spiro atoms. The molecule has 24 nitrogen and oxygen atoms in total. The van der Waals surface area contributed by atoms with Crippen molar-refractivity contribution in [2.45, 2.75) is 259 Å². The molecule has 0 aromatic heterocycles. The molecule has 4 aromatic rings. The lowest BCUT2D eigenvalue weighted by Crippen LogP contribution is -2.51. The number of nitrogens with two attached hydrogens (primary N) is 4. The van der Waals surface area contributed by atoms with Gasteiger partial charge in [0, 0.05) is 235 Å². The largest absolute Gasteiger partial charge is 0.493 e. The average molecular weight is 1770 g/mol. The highest BCUT2D eigenvalue weighted by Gasteiger charge is 2.47. The lowest BCUT2D eigenvalue weighted by atomic mass is 9.79. The number of carbonyl (C=O) groups is 4. The molecule has 8 heterocycles. The summed E-state index contributed by atoms with van der Waals surface area (Å²) in [6.45, 7) is -74.5. The normalized spacial score (nSPS) is 52.1. The Bertz CT molecular complexity index is 8630. The maximum absolute atomic E-state index is 14.0. The number of esters is 4. The van der Waals surface area contributed by atoms with E-state index in [-0.39, 0.29) is 31.1 Å². The van der Waals surface area contributed by atoms with Gasteiger partial charge in [-0.15, -0.1) is 0 Å². The van der Waals surface area contributed by atoms with Crippen LogP contribution in [0, 0.1) is 70.7 Å². The fourth-order valence-corrected chi connectivity index (χ4v) is 11.3. The summed E-state index contributed by atoms with van der Waals surface area (Å²) in [5.41, 5.74) is 16.1. The Labute approximate surface area is 856 Å². The molecule has 0 saturated carbocycles. The summed E-state index contributed by atoms with van der Waals surface area (Å²) in [6.07, 6.45) is -59.7. The Morgan fingerprint density at radius 1 is 0.408 bits per heavy atom. The molecule has 0 radical (unpaired) electrons. The van der Waals surface area contributed by atoms with E-state index in [0.717, 1.165) is 54.8 Å². The lowest BCUT2D eigenvalue weighted by molar-refractivity contribution is -0.161. The summed E-state index contributed by atoms with van der Waals surface area (Å²) in [6, 6.07) is -31.4. The van der Waals surface area contributed by atoms with Crippen LogP contribution < -0.4 is 60.8 Å². The van der Waals surface area contributed by atoms with Gasteiger partial charge in [-0.3, -0.25) is 38.8 Å². The molecular weight excluding hydrogens is 1520 g/mol. The van der Waals surface area contributed by atoms with Gasteiger partial charge in [0.05, 0.1) is 81.4 Å². The van der Waals surface area contributed by atoms with Crippen molar-refractivity contribution in [2.24, 2.45) is 93.7 Å². The number of nitrogens with zero attached hydrogens (tertiary/aromatic N) is 4. The molecule has 4 saturated heterocycles. The van der Waals surface area contributed by atoms with E-state index >= 15 is 0 Å². The summed E-state index contributed by atoms with van der Waals surface area (Å²) in [7, 11) is -0.570. The zero-order valence-electron chi connectivity index (χ0n) is 163. The van der Waals surface area contributed by atoms with Gasteiger partial charge in [-0.2, -0.15) is 0 Å². The predicted octanol–water partition coefficient (Wildman–Crippen LogP) is 14.3. The van der Waals surface area contributed by atoms with E-state index in [0.29, 0.717) is 39.8 Å². The standard InChI is InChI=1S/4C24H38N2O4/c4*1-14(2)9-17-13-26-8-7-16-10-21(28-5)22(29-6)11-18(16)19(26)12-20(17)30-24(27)23(25)15(3)4/h4*10-11,14-15,17,19-20,23H,7-9,12-13,25H2,1-6H3/t4*17?,19?,20?,23-/m0000/s1/i1D3,3D3,4D3,5D3,9D2,10D,11D,12D2,13D2,14D,15D,17D,19D,20D,23D;1D3,3D3,4D3,9D2,10D,11D,12D2,13D2,14D,15D,17D,19D,20D,23D;1D3,3D3,4D3,5D3,7D2,8D2,9D2,12D2,13D2,14D,15D,17D,23D;1D3,3D3,4D3,7D2,8D2,9D2,12D2,13D2,14D,15D,17D,23D/t4*14?,17?,19?,20?,23-. The van der Waals surface area contributed by atoms with Gasteiger partial charge in [-0.25, -0.2) is 0 Å². The van der Waals surface area contributed by atoms with Crippen LogP contribution in [0.2, 0.25) is 0 Å². The molecule has 0 aliphatic carbocycles. The first-order chi connectivity index (χ1) is 94.9. The van der Waals surface area contributed by atoms with Gasteiger partial charge in [0.1, 0.15) is 48.4 Å². The van der Waals surface area contributed by atoms with Crippen molar-refractivity contribution in [3.05, 3.63) is 92.9 Å². The van der Waals surface area contributed by atoms with Crippen LogP contribution in [0.3, 0.4) is 0 Å². The Morgan fingerprint density at radius 3 is 1.06 bits per heavy atom. The monoisotopic (exact) mass is 1770 g/mol. The molecule has 4 fully saturated rings. The summed E-state index contributed by atoms with van der Waals surface area (Å²) in [4.78, 5) is 55.2. The third-order valence-electron chi connectivity index (χ3n) is 16.8. The summed E-state index contributed by atoms with van der Waals surface area (Å²) >= 11 is 0. The van der Waals surface area contributed by atoms with Crippen LogP contribution in [0.1, 0.15) is 364 Å². The first-order valence-electron chi connectivity index (χ1n) is 83.4. The maximum Gasteiger partial charge on any atom is 0.323 e. The van der Waals surface area contributed by atoms with Crippen LogP contribution in [0.15, 0.2) is 48.4 Å². The molecule has 16 unspecified atom stereocenters. The first-order valence-corrected chi connectivity index (χ1v) is 34.4. The molecule has 8 aliphatic heterocycles. The van der Waals surface area contributed by atoms with Crippen LogP contribution in [-0.2, 0) is 63.7 Å². The fourth-order valence-electron chi connectivity index (χ4n) is 11.3. The summed E-state index contributed by atoms with van der Waals surface area (Å²) in [5.74, 6) is -66.9. The molecular formula is C96H152N8O16. The van der Waals surface area contributed by atoms with E-state index in [4.69, 9.17) is 181 Å². The highest BCUT2D eigenvalue weighted by Crippen LogP contribution is 2.50. The predicted molar refractivity (Wildman–Crippen MR) is 471 cm³/mol. The number of fused-ring (bicyclic) bond motifs is 12. The van der Waals surface area contributed by atoms with Crippen LogP contribution >= 0.6 is 0 Å². The third-order valence-corrected chi connectivity index (χ3v) is 16.8. The molecule has 672 valence electrons. The SMILES string of the molecule is [2H]C([2H])([2H])Oc1cc2c(cc1OC)C1N(C([2H])([2H])C2([2H])[2H])C([2H])([2H])C([2H])(C([2H])([2H])C([2H])(C)C([2H])([2H])[2H])C(OC(=O)[C@@]([2H])(N)C([2H])(C([2H])([2H])[2H])C([2H])([2H])[2H])C1([2H])[2H].[2H]C1([2H])C2c3cc(OC)c(OC)cc3C([2H])([2H])C([2H])([2H])N2C([2H])([2H])C([2H])(C([2H])([2H])C([2H])(C)C([2H])([2H])[2H])C1OC(=O)[C@@]([2H])(N)C([2H])(C([2H])([2H])[2H])C([2H])([2H])[2H].[2H]c1c2c(c([2H])c(OC)c1OC([2H])([2H])[2H])C1([2H])N(CC2)C([2H])([2H])C([2H])(C([2H])([2H])C([2H])(C)C([2H])([2H])[2H])C([2H])(OC(=O)[C@@]([2H])(N)C([2H])(C([2H])([2H])[2H])C([2H])([2H])[2H])C1([2H])[2H].[2H]c1c2c(c([2H])c(OC)c1OC)C1([2H])N(CC2)C([2H])([2H])C([2H])(C([2H])([2H])C([2H])(C)C([2H])([2H])[2H])C([2H])(OC(=O)[C@@]([2H])(N)C([2H])(C([2H])([2H])[2H])C([2H])([2H])[2H])C1([2H])[2H]. The van der Waals surface area contributed by atoms with Crippen molar-refractivity contribution < 1.29 is 210 Å². The van der Waals surface area contributed by atoms with Gasteiger partial charge in [0.15, 0.2) is 46.0 Å². The minimum Gasteiger partial charge on any atom is -0.493 e. The molecule has 8 N–H and O–H groups in total. The van der Waals surface area contributed by atoms with Crippen molar-refractivity contribution in [1.29, 1.82) is 0 Å². The van der Waals surface area contributed by atoms with Gasteiger partial charge in [-0.05, 0) is 191 Å². The van der Waals surface area contributed by atoms with Gasteiger partial charge in [0.25, 0.3) is 0 Å². The van der Waals surface area contributed by atoms with Crippen LogP contribution in [0.25, 0.3) is 0 Å². The number of hydrogen-bond donors (Lipinski definition) is 4. The van der Waals surface area contributed by atoms with E-state index in [2.05, 4.69) is 0 Å². The van der Waals surface area contributed by atoms with Crippen molar-refractivity contribution in [3.63, 3.8) is 0 Å². The van der Waals surface area contributed by atoms with E-state index in [1.807, 2.05) is 0 Å². The van der Waals surface area contributed by atoms with Crippen molar-refractivity contribution >= 4 is 23.9 Å². The molecule has 12 rings (SSSR count). The summed E-state index contributed by atoms with van der Waals surface area (Å²) < 4.78 is 888. The van der Waals surface area contributed by atoms with Crippen molar-refractivity contribution in [2.75, 3.05) is 109 Å². The lowest BCUT2D eigenvalue weighted by Gasteiger charge is -2.47. The maximum atomic E-state index is 14.0. The quantitative estimate of drug-likeness (QED) is 0.0303. The van der Waals surface area contributed by atoms with Crippen LogP contribution in [0.5, 0.6) is 46.0 Å². The average Bonchev–Trinajstić information content (AvgIpc) is 0.636. The molecule has 0 bridgehead atoms. The van der Waals surface area contributed by atoms with E-state index in [9.17, 15) is 52.1 Å². The molecule has 0 amide bonds. The second kappa shape index (κ2) is 43.9. The number of carbonyl (C=O) groups excluding carboxylic acids is 4. The van der Waals surface area contributed by atoms with Crippen molar-refractivity contribution in [1.82, 2.24) is 19.6 Å². The fraction of sp³-hybridized carbons (Fsp3) is 0.708. The Balaban J connectivity index is 0.000000312. The number of ether oxygens (including phenoxy) is 12. The number of hydrogen-bond acceptors (Lipinski definition) is 24. The number of piperidine rings is 4. The zero-order valence-corrected chi connectivity index (χ0v) is 65.1. The molecule has 8 aliphatic rings. The molecule has 20 atom stereocenters. The number of benzene rings is 4. The van der Waals surface area contributed by atoms with Gasteiger partial charge in [0.2, 0.25) is 0 Å². The molecule has 4 aromatic carbocycles. The Kier molecular flexibility index (Phi) is 10.8. The van der Waals surface area contributed by atoms with Crippen molar-refractivity contribution in [3.8, 4) is 46.0 Å². The van der Waals surface area contributed by atoms with Crippen LogP contribution in [-0.4, -0.2) is 201 Å². The zero-order chi connectivity index (χ0) is 174. The number of methoxy groups -OCH3 is 8. The Hall–Kier alpha value is -7.16. The first kappa shape index (κ1) is 29.5. The van der Waals surface area contributed by atoms with E-state index in [1.165, 1.54) is 0 Å². The van der Waals surface area contributed by atoms with Crippen LogP contribution in [0.4, 0.5) is 0 Å². The highest BCUT2D eigenvalue weighted by atomic mass is 16.6. The minimum absolute atomic E-state index is 0.0145. The number of rotatable bonds is 28. The van der Waals surface area contributed by atoms with Gasteiger partial charge in [-0.1, -0.05) is 110 Å². The highest BCUT2D eigenvalue weighted by molar-refractivity contribution is 5.77. The van der Waals surface area contributed by atoms with Gasteiger partial charge >= 0.3 is 23.9 Å². The second-order valence-electron chi connectivity index (χ2n) is 25.0. The second-order valence-corrected chi connectivity index (χ2v) is 25.0. The minimum atomic E-state index is -4.93. The van der Waals surface area contributed by atoms with E-state index < -0.39 is 495 Å². The summed E-state index contributed by atoms with van der Waals surface area (Å²) in [5, 5.41) is 0. The smallest absolute Gasteiger partial charge is 0.323 e. The number of aryl methyl sites for hydroxylation is 2. The van der Waals surface area contributed by atoms with E-state index in [1.54, 1.807) is 0 Å². The molecule has 24 heteroatoms. The topological polar surface area (TPSA) is 296 Å². The third kappa shape index (κ3) is 23.8. The Morgan fingerprint density at radius 2 is 0.717 bits per heavy atom.